The van der Waals surface area contributed by atoms with Gasteiger partial charge in [-0.2, -0.15) is 0 Å². The first-order valence-corrected chi connectivity index (χ1v) is 10.5. The summed E-state index contributed by atoms with van der Waals surface area (Å²) in [5.74, 6) is -1.79. The Labute approximate surface area is 187 Å². The molecule has 0 bridgehead atoms. The van der Waals surface area contributed by atoms with Gasteiger partial charge in [-0.3, -0.25) is 4.79 Å². The lowest BCUT2D eigenvalue weighted by molar-refractivity contribution is -0.142. The van der Waals surface area contributed by atoms with E-state index in [2.05, 4.69) is 41.4 Å². The van der Waals surface area contributed by atoms with Crippen molar-refractivity contribution in [2.45, 2.75) is 18.4 Å². The number of aliphatic carboxylic acids is 1. The summed E-state index contributed by atoms with van der Waals surface area (Å²) in [5.41, 5.74) is 3.11. The highest BCUT2D eigenvalue weighted by Gasteiger charge is 2.38. The summed E-state index contributed by atoms with van der Waals surface area (Å²) in [4.78, 5) is 27.1. The van der Waals surface area contributed by atoms with Crippen LogP contribution in [-0.4, -0.2) is 26.9 Å². The minimum Gasteiger partial charge on any atom is -0.481 e. The van der Waals surface area contributed by atoms with Crippen molar-refractivity contribution < 1.29 is 14.7 Å². The minimum atomic E-state index is -0.993. The van der Waals surface area contributed by atoms with E-state index >= 15 is 0 Å². The molecule has 0 saturated heterocycles. The molecule has 160 valence electrons. The van der Waals surface area contributed by atoms with Gasteiger partial charge in [-0.05, 0) is 16.7 Å². The molecule has 0 aliphatic heterocycles. The Kier molecular flexibility index (Phi) is 6.26. The van der Waals surface area contributed by atoms with E-state index in [0.717, 1.165) is 16.7 Å². The smallest absolute Gasteiger partial charge is 0.307 e. The van der Waals surface area contributed by atoms with E-state index in [9.17, 15) is 14.7 Å². The number of rotatable bonds is 9. The summed E-state index contributed by atoms with van der Waals surface area (Å²) >= 11 is 0. The molecule has 0 aliphatic rings. The van der Waals surface area contributed by atoms with Gasteiger partial charge < -0.3 is 14.5 Å². The number of aldehydes is 1. The second-order valence-electron chi connectivity index (χ2n) is 7.72. The summed E-state index contributed by atoms with van der Waals surface area (Å²) < 4.78 is 2.04. The predicted molar refractivity (Wildman–Crippen MR) is 122 cm³/mol. The summed E-state index contributed by atoms with van der Waals surface area (Å²) in [5, 5.41) is 9.47. The molecule has 1 atom stereocenters. The lowest BCUT2D eigenvalue weighted by atomic mass is 9.77. The van der Waals surface area contributed by atoms with Crippen LogP contribution in [0.5, 0.6) is 0 Å². The zero-order valence-corrected chi connectivity index (χ0v) is 17.5. The third-order valence-corrected chi connectivity index (χ3v) is 5.78. The van der Waals surface area contributed by atoms with Gasteiger partial charge in [-0.25, -0.2) is 4.98 Å². The molecule has 5 heteroatoms. The van der Waals surface area contributed by atoms with Crippen molar-refractivity contribution in [3.05, 3.63) is 126 Å². The van der Waals surface area contributed by atoms with Crippen LogP contribution in [0.25, 0.3) is 0 Å². The van der Waals surface area contributed by atoms with E-state index in [0.29, 0.717) is 12.0 Å². The zero-order valence-electron chi connectivity index (χ0n) is 17.5. The van der Waals surface area contributed by atoms with Crippen LogP contribution < -0.4 is 0 Å². The van der Waals surface area contributed by atoms with Crippen LogP contribution in [0.4, 0.5) is 0 Å². The van der Waals surface area contributed by atoms with Gasteiger partial charge >= 0.3 is 5.97 Å². The Morgan fingerprint density at radius 2 is 1.34 bits per heavy atom. The molecule has 0 amide bonds. The van der Waals surface area contributed by atoms with Gasteiger partial charge in [0, 0.05) is 19.0 Å². The van der Waals surface area contributed by atoms with E-state index in [1.54, 1.807) is 6.33 Å². The van der Waals surface area contributed by atoms with Gasteiger partial charge in [-0.15, -0.1) is 0 Å². The molecule has 0 saturated carbocycles. The quantitative estimate of drug-likeness (QED) is 0.316. The average Bonchev–Trinajstić information content (AvgIpc) is 3.30. The van der Waals surface area contributed by atoms with Crippen molar-refractivity contribution in [1.29, 1.82) is 0 Å². The number of hydrogen-bond donors (Lipinski definition) is 1. The van der Waals surface area contributed by atoms with Gasteiger partial charge in [0.15, 0.2) is 0 Å². The molecule has 0 unspecified atom stereocenters. The number of nitrogens with zero attached hydrogens (tertiary/aromatic N) is 2. The first-order chi connectivity index (χ1) is 15.7. The highest BCUT2D eigenvalue weighted by atomic mass is 16.4. The summed E-state index contributed by atoms with van der Waals surface area (Å²) in [7, 11) is 0. The Morgan fingerprint density at radius 3 is 1.75 bits per heavy atom. The van der Waals surface area contributed by atoms with Crippen LogP contribution in [0, 0.1) is 5.92 Å². The Balaban J connectivity index is 1.92. The van der Waals surface area contributed by atoms with Crippen LogP contribution in [0.1, 0.15) is 28.8 Å². The average molecular weight is 425 g/mol. The summed E-state index contributed by atoms with van der Waals surface area (Å²) in [6.07, 6.45) is 4.45. The number of imidazole rings is 1. The van der Waals surface area contributed by atoms with Crippen LogP contribution in [0.15, 0.2) is 104 Å². The number of aromatic nitrogens is 2. The fourth-order valence-electron chi connectivity index (χ4n) is 4.28. The molecule has 1 heterocycles. The van der Waals surface area contributed by atoms with Crippen molar-refractivity contribution in [3.8, 4) is 0 Å². The molecule has 4 rings (SSSR count). The second-order valence-corrected chi connectivity index (χ2v) is 7.72. The predicted octanol–water partition coefficient (Wildman–Crippen LogP) is 4.56. The third kappa shape index (κ3) is 3.97. The van der Waals surface area contributed by atoms with Gasteiger partial charge in [-0.1, -0.05) is 91.0 Å². The van der Waals surface area contributed by atoms with Crippen molar-refractivity contribution in [3.63, 3.8) is 0 Å². The van der Waals surface area contributed by atoms with Crippen LogP contribution >= 0.6 is 0 Å². The maximum absolute atomic E-state index is 11.6. The first kappa shape index (κ1) is 21.2. The Hall–Kier alpha value is -3.99. The monoisotopic (exact) mass is 424 g/mol. The lowest BCUT2D eigenvalue weighted by Crippen LogP contribution is -2.37. The van der Waals surface area contributed by atoms with Crippen molar-refractivity contribution in [2.24, 2.45) is 5.92 Å². The van der Waals surface area contributed by atoms with E-state index in [1.165, 1.54) is 0 Å². The summed E-state index contributed by atoms with van der Waals surface area (Å²) in [6.45, 7) is 0. The van der Waals surface area contributed by atoms with Gasteiger partial charge in [0.25, 0.3) is 0 Å². The largest absolute Gasteiger partial charge is 0.481 e. The molecule has 0 aliphatic carbocycles. The molecule has 1 aromatic heterocycles. The maximum Gasteiger partial charge on any atom is 0.307 e. The number of carbonyl (C=O) groups is 2. The van der Waals surface area contributed by atoms with E-state index < -0.39 is 17.4 Å². The molecule has 0 fully saturated rings. The van der Waals surface area contributed by atoms with Crippen molar-refractivity contribution in [1.82, 2.24) is 9.55 Å². The highest BCUT2D eigenvalue weighted by Crippen LogP contribution is 2.40. The fraction of sp³-hybridized carbons (Fsp3) is 0.148. The number of carbonyl (C=O) groups excluding carboxylic acids is 1. The molecule has 4 aromatic rings. The highest BCUT2D eigenvalue weighted by molar-refractivity contribution is 5.73. The van der Waals surface area contributed by atoms with E-state index in [4.69, 9.17) is 0 Å². The van der Waals surface area contributed by atoms with Crippen LogP contribution in [0.3, 0.4) is 0 Å². The summed E-state index contributed by atoms with van der Waals surface area (Å²) in [6, 6.07) is 30.6. The normalized spacial score (nSPS) is 12.2. The zero-order chi connectivity index (χ0) is 22.4. The molecule has 3 aromatic carbocycles. The van der Waals surface area contributed by atoms with Crippen molar-refractivity contribution >= 4 is 12.3 Å². The molecule has 1 N–H and O–H groups in total. The van der Waals surface area contributed by atoms with Crippen LogP contribution in [-0.2, 0) is 21.5 Å². The van der Waals surface area contributed by atoms with Crippen LogP contribution in [0.2, 0.25) is 0 Å². The van der Waals surface area contributed by atoms with Gasteiger partial charge in [0.05, 0.1) is 17.9 Å². The second kappa shape index (κ2) is 9.43. The molecule has 32 heavy (non-hydrogen) atoms. The van der Waals surface area contributed by atoms with Gasteiger partial charge in [0.1, 0.15) is 11.8 Å². The number of hydrogen-bond acceptors (Lipinski definition) is 3. The number of carboxylic acid groups (broad SMARTS) is 1. The van der Waals surface area contributed by atoms with E-state index in [1.807, 2.05) is 65.4 Å². The molecular weight excluding hydrogens is 400 g/mol. The fourth-order valence-corrected chi connectivity index (χ4v) is 4.28. The molecular formula is C27H24N2O3. The molecule has 0 spiro atoms. The number of benzene rings is 3. The minimum absolute atomic E-state index is 0.0383. The van der Waals surface area contributed by atoms with Gasteiger partial charge in [0.2, 0.25) is 0 Å². The standard InChI is InChI=1S/C27H24N2O3/c30-17-16-21(26(31)32)18-25-19-29(20-28-25)27(22-10-4-1-5-11-22,23-12-6-2-7-13-23)24-14-8-3-9-15-24/h1-15,17,19-21H,16,18H2,(H,31,32)/t21-/m0/s1. The maximum atomic E-state index is 11.6. The SMILES string of the molecule is O=CC[C@@H](Cc1cn(C(c2ccccc2)(c2ccccc2)c2ccccc2)cn1)C(=O)O. The topological polar surface area (TPSA) is 72.2 Å². The van der Waals surface area contributed by atoms with Crippen molar-refractivity contribution in [2.75, 3.05) is 0 Å². The number of carboxylic acids is 1. The Morgan fingerprint density at radius 1 is 0.875 bits per heavy atom. The first-order valence-electron chi connectivity index (χ1n) is 10.5. The molecule has 0 radical (unpaired) electrons. The third-order valence-electron chi connectivity index (χ3n) is 5.78. The van der Waals surface area contributed by atoms with E-state index in [-0.39, 0.29) is 12.8 Å². The lowest BCUT2D eigenvalue weighted by Gasteiger charge is -2.37. The Bertz CT molecular complexity index is 1070. The molecule has 5 nitrogen and oxygen atoms in total.